The Bertz CT molecular complexity index is 631. The van der Waals surface area contributed by atoms with Crippen LogP contribution >= 0.6 is 0 Å². The van der Waals surface area contributed by atoms with E-state index in [0.29, 0.717) is 17.2 Å². The summed E-state index contributed by atoms with van der Waals surface area (Å²) in [5.41, 5.74) is 6.46. The Morgan fingerprint density at radius 1 is 1.24 bits per heavy atom. The van der Waals surface area contributed by atoms with E-state index in [2.05, 4.69) is 35.5 Å². The van der Waals surface area contributed by atoms with E-state index in [9.17, 15) is 0 Å². The number of H-pyrrole nitrogens is 1. The lowest BCUT2D eigenvalue weighted by Crippen LogP contribution is -1.96. The molecular weight excluding hydrogens is 224 g/mol. The van der Waals surface area contributed by atoms with E-state index in [4.69, 9.17) is 10.3 Å². The molecule has 3 rings (SSSR count). The predicted molar refractivity (Wildman–Crippen MR) is 55.1 cm³/mol. The fourth-order valence-corrected chi connectivity index (χ4v) is 1.25. The van der Waals surface area contributed by atoms with Crippen molar-refractivity contribution >= 4 is 5.82 Å². The Labute approximate surface area is 94.1 Å². The first-order chi connectivity index (χ1) is 8.34. The van der Waals surface area contributed by atoms with Gasteiger partial charge in [0, 0.05) is 12.4 Å². The van der Waals surface area contributed by atoms with Gasteiger partial charge in [0.1, 0.15) is 0 Å². The molecule has 0 radical (unpaired) electrons. The van der Waals surface area contributed by atoms with Crippen LogP contribution in [0.3, 0.4) is 0 Å². The van der Waals surface area contributed by atoms with Gasteiger partial charge >= 0.3 is 0 Å². The molecule has 0 spiro atoms. The quantitative estimate of drug-likeness (QED) is 0.623. The van der Waals surface area contributed by atoms with Crippen LogP contribution in [0.15, 0.2) is 23.1 Å². The second kappa shape index (κ2) is 3.63. The maximum Gasteiger partial charge on any atom is 0.280 e. The minimum absolute atomic E-state index is 0.189. The van der Waals surface area contributed by atoms with E-state index in [1.165, 1.54) is 18.6 Å². The summed E-state index contributed by atoms with van der Waals surface area (Å²) in [7, 11) is 0. The first-order valence-corrected chi connectivity index (χ1v) is 4.61. The van der Waals surface area contributed by atoms with Gasteiger partial charge in [0.05, 0.1) is 6.20 Å². The molecule has 3 N–H and O–H groups in total. The number of nitrogens with zero attached hydrogens (tertiary/aromatic N) is 6. The lowest BCUT2D eigenvalue weighted by atomic mass is 10.4. The van der Waals surface area contributed by atoms with Crippen molar-refractivity contribution in [3.05, 3.63) is 18.6 Å². The third kappa shape index (κ3) is 1.58. The molecule has 0 amide bonds. The molecule has 0 saturated carbocycles. The van der Waals surface area contributed by atoms with Crippen molar-refractivity contribution < 1.29 is 4.52 Å². The molecule has 0 aliphatic heterocycles. The molecular formula is C8H6N8O. The minimum Gasteiger partial charge on any atom is -0.382 e. The van der Waals surface area contributed by atoms with Crippen molar-refractivity contribution in [3.63, 3.8) is 0 Å². The summed E-state index contributed by atoms with van der Waals surface area (Å²) < 4.78 is 5.03. The molecule has 0 fully saturated rings. The molecule has 3 aromatic rings. The van der Waals surface area contributed by atoms with Crippen LogP contribution in [0, 0.1) is 0 Å². The van der Waals surface area contributed by atoms with Gasteiger partial charge in [-0.25, -0.2) is 9.97 Å². The average Bonchev–Trinajstić information content (AvgIpc) is 3.00. The highest BCUT2D eigenvalue weighted by atomic mass is 16.5. The van der Waals surface area contributed by atoms with Crippen LogP contribution in [0.1, 0.15) is 0 Å². The SMILES string of the molecule is Nc1nccnc1-c1nc(-c2cn[nH]n2)no1. The fraction of sp³-hybridized carbons (Fsp3) is 0. The molecule has 0 aliphatic rings. The van der Waals surface area contributed by atoms with Gasteiger partial charge in [-0.3, -0.25) is 0 Å². The molecule has 17 heavy (non-hydrogen) atoms. The largest absolute Gasteiger partial charge is 0.382 e. The van der Waals surface area contributed by atoms with Gasteiger partial charge in [0.25, 0.3) is 5.89 Å². The highest BCUT2D eigenvalue weighted by Gasteiger charge is 2.15. The molecule has 84 valence electrons. The highest BCUT2D eigenvalue weighted by molar-refractivity contribution is 5.62. The van der Waals surface area contributed by atoms with E-state index >= 15 is 0 Å². The Kier molecular flexibility index (Phi) is 2.00. The molecule has 0 atom stereocenters. The van der Waals surface area contributed by atoms with E-state index < -0.39 is 0 Å². The number of hydrogen-bond acceptors (Lipinski definition) is 8. The summed E-state index contributed by atoms with van der Waals surface area (Å²) in [5.74, 6) is 0.718. The molecule has 3 aromatic heterocycles. The molecule has 0 unspecified atom stereocenters. The number of nitrogen functional groups attached to an aromatic ring is 1. The Morgan fingerprint density at radius 3 is 2.88 bits per heavy atom. The maximum atomic E-state index is 5.64. The third-order valence-corrected chi connectivity index (χ3v) is 2.00. The molecule has 0 saturated heterocycles. The van der Waals surface area contributed by atoms with Crippen LogP contribution in [-0.4, -0.2) is 35.5 Å². The van der Waals surface area contributed by atoms with E-state index in [-0.39, 0.29) is 11.7 Å². The lowest BCUT2D eigenvalue weighted by Gasteiger charge is -1.95. The van der Waals surface area contributed by atoms with Crippen molar-refractivity contribution in [2.24, 2.45) is 0 Å². The van der Waals surface area contributed by atoms with Crippen LogP contribution in [0.4, 0.5) is 5.82 Å². The third-order valence-electron chi connectivity index (χ3n) is 2.00. The lowest BCUT2D eigenvalue weighted by molar-refractivity contribution is 0.431. The fourth-order valence-electron chi connectivity index (χ4n) is 1.25. The Morgan fingerprint density at radius 2 is 2.12 bits per heavy atom. The van der Waals surface area contributed by atoms with E-state index in [1.54, 1.807) is 0 Å². The Hall–Kier alpha value is -2.84. The van der Waals surface area contributed by atoms with Crippen LogP contribution in [0.25, 0.3) is 23.1 Å². The number of hydrogen-bond donors (Lipinski definition) is 2. The van der Waals surface area contributed by atoms with Crippen LogP contribution in [0.2, 0.25) is 0 Å². The number of rotatable bonds is 2. The summed E-state index contributed by atoms with van der Waals surface area (Å²) in [6.07, 6.45) is 4.45. The van der Waals surface area contributed by atoms with E-state index in [1.807, 2.05) is 0 Å². The zero-order chi connectivity index (χ0) is 11.7. The van der Waals surface area contributed by atoms with Crippen molar-refractivity contribution in [1.29, 1.82) is 0 Å². The molecule has 9 heteroatoms. The number of anilines is 1. The van der Waals surface area contributed by atoms with E-state index in [0.717, 1.165) is 0 Å². The zero-order valence-electron chi connectivity index (χ0n) is 8.40. The molecule has 0 aliphatic carbocycles. The second-order valence-corrected chi connectivity index (χ2v) is 3.07. The Balaban J connectivity index is 2.04. The summed E-state index contributed by atoms with van der Waals surface area (Å²) >= 11 is 0. The first-order valence-electron chi connectivity index (χ1n) is 4.61. The summed E-state index contributed by atoms with van der Waals surface area (Å²) in [5, 5.41) is 13.7. The van der Waals surface area contributed by atoms with Gasteiger partial charge in [0.15, 0.2) is 17.2 Å². The summed E-state index contributed by atoms with van der Waals surface area (Å²) in [6, 6.07) is 0. The van der Waals surface area contributed by atoms with Gasteiger partial charge in [-0.05, 0) is 0 Å². The number of aromatic amines is 1. The normalized spacial score (nSPS) is 10.6. The molecule has 0 bridgehead atoms. The standard InChI is InChI=1S/C8H6N8O/c9-6-5(10-1-2-11-6)8-13-7(15-17-8)4-3-12-16-14-4/h1-3H,(H2,9,11)(H,12,14,16). The smallest absolute Gasteiger partial charge is 0.280 e. The van der Waals surface area contributed by atoms with Crippen molar-refractivity contribution in [2.75, 3.05) is 5.73 Å². The second-order valence-electron chi connectivity index (χ2n) is 3.07. The van der Waals surface area contributed by atoms with Crippen molar-refractivity contribution in [2.45, 2.75) is 0 Å². The van der Waals surface area contributed by atoms with Gasteiger partial charge in [-0.15, -0.1) is 0 Å². The highest BCUT2D eigenvalue weighted by Crippen LogP contribution is 2.21. The summed E-state index contributed by atoms with van der Waals surface area (Å²) in [4.78, 5) is 12.0. The molecule has 3 heterocycles. The van der Waals surface area contributed by atoms with Gasteiger partial charge in [-0.1, -0.05) is 5.16 Å². The predicted octanol–water partition coefficient (Wildman–Crippen LogP) is -0.106. The van der Waals surface area contributed by atoms with Crippen molar-refractivity contribution in [1.82, 2.24) is 35.5 Å². The van der Waals surface area contributed by atoms with Gasteiger partial charge in [0.2, 0.25) is 5.82 Å². The van der Waals surface area contributed by atoms with Gasteiger partial charge in [-0.2, -0.15) is 20.4 Å². The molecule has 9 nitrogen and oxygen atoms in total. The van der Waals surface area contributed by atoms with Gasteiger partial charge < -0.3 is 10.3 Å². The first kappa shape index (κ1) is 9.39. The monoisotopic (exact) mass is 230 g/mol. The van der Waals surface area contributed by atoms with Crippen LogP contribution in [-0.2, 0) is 0 Å². The van der Waals surface area contributed by atoms with Crippen LogP contribution < -0.4 is 5.73 Å². The molecule has 0 aromatic carbocycles. The zero-order valence-corrected chi connectivity index (χ0v) is 8.40. The average molecular weight is 230 g/mol. The summed E-state index contributed by atoms with van der Waals surface area (Å²) in [6.45, 7) is 0. The maximum absolute atomic E-state index is 5.64. The number of nitrogens with two attached hydrogens (primary N) is 1. The number of nitrogens with one attached hydrogen (secondary N) is 1. The van der Waals surface area contributed by atoms with Crippen LogP contribution in [0.5, 0.6) is 0 Å². The topological polar surface area (TPSA) is 132 Å². The number of aromatic nitrogens is 7. The minimum atomic E-state index is 0.189. The van der Waals surface area contributed by atoms with Crippen molar-refractivity contribution in [3.8, 4) is 23.1 Å².